The third-order valence-electron chi connectivity index (χ3n) is 3.52. The Morgan fingerprint density at radius 3 is 2.54 bits per heavy atom. The van der Waals surface area contributed by atoms with Gasteiger partial charge in [0.15, 0.2) is 0 Å². The predicted octanol–water partition coefficient (Wildman–Crippen LogP) is 2.14. The van der Waals surface area contributed by atoms with E-state index >= 15 is 0 Å². The fourth-order valence-corrected chi connectivity index (χ4v) is 2.21. The van der Waals surface area contributed by atoms with Crippen molar-refractivity contribution in [3.8, 4) is 11.4 Å². The maximum absolute atomic E-state index is 12.9. The van der Waals surface area contributed by atoms with Gasteiger partial charge in [-0.15, -0.1) is 10.2 Å². The second-order valence-electron chi connectivity index (χ2n) is 5.39. The molecule has 7 heteroatoms. The first-order valence-corrected chi connectivity index (χ1v) is 7.43. The summed E-state index contributed by atoms with van der Waals surface area (Å²) in [6.07, 6.45) is 0. The summed E-state index contributed by atoms with van der Waals surface area (Å²) < 4.78 is 12.9. The van der Waals surface area contributed by atoms with Gasteiger partial charge >= 0.3 is 0 Å². The van der Waals surface area contributed by atoms with Crippen LogP contribution < -0.4 is 0 Å². The number of likely N-dealkylation sites (N-methyl/N-ethyl adjacent to an activating group) is 1. The fourth-order valence-electron chi connectivity index (χ4n) is 2.21. The normalized spacial score (nSPS) is 10.6. The van der Waals surface area contributed by atoms with Gasteiger partial charge in [-0.25, -0.2) is 4.39 Å². The number of carbonyl (C=O) groups excluding carboxylic acids is 1. The Balaban J connectivity index is 1.63. The van der Waals surface area contributed by atoms with Gasteiger partial charge in [0.1, 0.15) is 12.4 Å². The van der Waals surface area contributed by atoms with Crippen molar-refractivity contribution in [2.75, 3.05) is 7.05 Å². The van der Waals surface area contributed by atoms with Crippen molar-refractivity contribution in [1.29, 1.82) is 0 Å². The first-order valence-electron chi connectivity index (χ1n) is 7.43. The maximum atomic E-state index is 12.9. The highest BCUT2D eigenvalue weighted by Gasteiger charge is 2.13. The summed E-state index contributed by atoms with van der Waals surface area (Å²) in [5.74, 6) is -0.0979. The van der Waals surface area contributed by atoms with Gasteiger partial charge in [-0.3, -0.25) is 4.79 Å². The zero-order chi connectivity index (χ0) is 16.9. The molecule has 0 aliphatic rings. The van der Waals surface area contributed by atoms with Gasteiger partial charge in [-0.05, 0) is 35.0 Å². The third-order valence-corrected chi connectivity index (χ3v) is 3.52. The molecule has 0 atom stereocenters. The van der Waals surface area contributed by atoms with Gasteiger partial charge in [-0.2, -0.15) is 4.80 Å². The summed E-state index contributed by atoms with van der Waals surface area (Å²) in [5.41, 5.74) is 1.69. The van der Waals surface area contributed by atoms with E-state index in [2.05, 4.69) is 15.4 Å². The van der Waals surface area contributed by atoms with Crippen LogP contribution in [0, 0.1) is 5.82 Å². The first-order chi connectivity index (χ1) is 11.6. The molecule has 0 radical (unpaired) electrons. The monoisotopic (exact) mass is 325 g/mol. The smallest absolute Gasteiger partial charge is 0.246 e. The molecule has 2 aromatic carbocycles. The van der Waals surface area contributed by atoms with Crippen molar-refractivity contribution >= 4 is 5.91 Å². The van der Waals surface area contributed by atoms with Gasteiger partial charge in [0.25, 0.3) is 0 Å². The van der Waals surface area contributed by atoms with Crippen molar-refractivity contribution in [3.63, 3.8) is 0 Å². The molecule has 0 N–H and O–H groups in total. The van der Waals surface area contributed by atoms with Crippen LogP contribution in [0.4, 0.5) is 4.39 Å². The average Bonchev–Trinajstić information content (AvgIpc) is 3.05. The molecular formula is C17H16FN5O. The molecular weight excluding hydrogens is 309 g/mol. The largest absolute Gasteiger partial charge is 0.340 e. The Hall–Kier alpha value is -3.09. The molecule has 0 unspecified atom stereocenters. The van der Waals surface area contributed by atoms with Crippen LogP contribution >= 0.6 is 0 Å². The van der Waals surface area contributed by atoms with Crippen LogP contribution in [0.5, 0.6) is 0 Å². The molecule has 0 saturated heterocycles. The predicted molar refractivity (Wildman–Crippen MR) is 86.1 cm³/mol. The average molecular weight is 325 g/mol. The van der Waals surface area contributed by atoms with Crippen molar-refractivity contribution in [3.05, 3.63) is 66.0 Å². The van der Waals surface area contributed by atoms with Crippen LogP contribution in [0.25, 0.3) is 11.4 Å². The summed E-state index contributed by atoms with van der Waals surface area (Å²) in [6.45, 7) is 0.511. The maximum Gasteiger partial charge on any atom is 0.246 e. The van der Waals surface area contributed by atoms with Crippen LogP contribution in [0.15, 0.2) is 54.6 Å². The van der Waals surface area contributed by atoms with Crippen LogP contribution in [-0.2, 0) is 17.9 Å². The number of aromatic nitrogens is 4. The van der Waals surface area contributed by atoms with Crippen molar-refractivity contribution in [1.82, 2.24) is 25.1 Å². The molecule has 0 fully saturated rings. The molecule has 3 aromatic rings. The minimum absolute atomic E-state index is 0.00245. The number of nitrogens with zero attached hydrogens (tertiary/aromatic N) is 5. The Morgan fingerprint density at radius 1 is 1.12 bits per heavy atom. The Kier molecular flexibility index (Phi) is 4.60. The third kappa shape index (κ3) is 3.81. The Labute approximate surface area is 138 Å². The topological polar surface area (TPSA) is 63.9 Å². The summed E-state index contributed by atoms with van der Waals surface area (Å²) in [7, 11) is 1.73. The van der Waals surface area contributed by atoms with Gasteiger partial charge in [0, 0.05) is 19.2 Å². The SMILES string of the molecule is CN(Cc1ccccc1)C(=O)Cn1nnc(-c2ccc(F)cc2)n1. The second kappa shape index (κ2) is 6.99. The van der Waals surface area contributed by atoms with E-state index in [1.807, 2.05) is 30.3 Å². The highest BCUT2D eigenvalue weighted by molar-refractivity contribution is 5.75. The quantitative estimate of drug-likeness (QED) is 0.721. The zero-order valence-electron chi connectivity index (χ0n) is 13.1. The van der Waals surface area contributed by atoms with Gasteiger partial charge < -0.3 is 4.90 Å². The number of carbonyl (C=O) groups is 1. The minimum atomic E-state index is -0.330. The number of benzene rings is 2. The summed E-state index contributed by atoms with van der Waals surface area (Å²) in [4.78, 5) is 15.1. The lowest BCUT2D eigenvalue weighted by Gasteiger charge is -2.16. The summed E-state index contributed by atoms with van der Waals surface area (Å²) in [6, 6.07) is 15.5. The van der Waals surface area contributed by atoms with E-state index in [-0.39, 0.29) is 18.3 Å². The lowest BCUT2D eigenvalue weighted by Crippen LogP contribution is -2.30. The van der Waals surface area contributed by atoms with Gasteiger partial charge in [0.2, 0.25) is 11.7 Å². The molecule has 0 bridgehead atoms. The molecule has 1 heterocycles. The molecule has 3 rings (SSSR count). The Morgan fingerprint density at radius 2 is 1.83 bits per heavy atom. The fraction of sp³-hybridized carbons (Fsp3) is 0.176. The minimum Gasteiger partial charge on any atom is -0.340 e. The number of rotatable bonds is 5. The van der Waals surface area contributed by atoms with Crippen molar-refractivity contribution < 1.29 is 9.18 Å². The van der Waals surface area contributed by atoms with E-state index in [1.54, 1.807) is 24.1 Å². The van der Waals surface area contributed by atoms with Crippen LogP contribution in [0.2, 0.25) is 0 Å². The van der Waals surface area contributed by atoms with E-state index in [0.29, 0.717) is 17.9 Å². The number of hydrogen-bond donors (Lipinski definition) is 0. The highest BCUT2D eigenvalue weighted by Crippen LogP contribution is 2.13. The molecule has 0 aliphatic carbocycles. The lowest BCUT2D eigenvalue weighted by atomic mass is 10.2. The molecule has 122 valence electrons. The molecule has 24 heavy (non-hydrogen) atoms. The second-order valence-corrected chi connectivity index (χ2v) is 5.39. The van der Waals surface area contributed by atoms with Crippen LogP contribution in [0.3, 0.4) is 0 Å². The van der Waals surface area contributed by atoms with E-state index < -0.39 is 0 Å². The van der Waals surface area contributed by atoms with Crippen LogP contribution in [-0.4, -0.2) is 38.1 Å². The highest BCUT2D eigenvalue weighted by atomic mass is 19.1. The van der Waals surface area contributed by atoms with Crippen LogP contribution in [0.1, 0.15) is 5.56 Å². The van der Waals surface area contributed by atoms with Gasteiger partial charge in [0.05, 0.1) is 0 Å². The number of tetrazole rings is 1. The van der Waals surface area contributed by atoms with E-state index in [4.69, 9.17) is 0 Å². The van der Waals surface area contributed by atoms with E-state index in [1.165, 1.54) is 16.9 Å². The van der Waals surface area contributed by atoms with Crippen molar-refractivity contribution in [2.24, 2.45) is 0 Å². The Bertz CT molecular complexity index is 817. The standard InChI is InChI=1S/C17H16FN5O/c1-22(11-13-5-3-2-4-6-13)16(24)12-23-20-17(19-21-23)14-7-9-15(18)10-8-14/h2-10H,11-12H2,1H3. The summed E-state index contributed by atoms with van der Waals surface area (Å²) in [5, 5.41) is 11.9. The molecule has 0 saturated carbocycles. The summed E-state index contributed by atoms with van der Waals surface area (Å²) >= 11 is 0. The number of hydrogen-bond acceptors (Lipinski definition) is 4. The van der Waals surface area contributed by atoms with E-state index in [0.717, 1.165) is 5.56 Å². The lowest BCUT2D eigenvalue weighted by molar-refractivity contribution is -0.131. The molecule has 1 aromatic heterocycles. The molecule has 6 nitrogen and oxygen atoms in total. The number of halogens is 1. The molecule has 1 amide bonds. The van der Waals surface area contributed by atoms with Gasteiger partial charge in [-0.1, -0.05) is 30.3 Å². The first kappa shape index (κ1) is 15.8. The van der Waals surface area contributed by atoms with Crippen molar-refractivity contribution in [2.45, 2.75) is 13.1 Å². The molecule has 0 aliphatic heterocycles. The zero-order valence-corrected chi connectivity index (χ0v) is 13.1. The van der Waals surface area contributed by atoms with E-state index in [9.17, 15) is 9.18 Å². The molecule has 0 spiro atoms. The number of amides is 1.